The molecule has 0 aromatic heterocycles. The number of carbonyl (C=O) groups excluding carboxylic acids is 3. The van der Waals surface area contributed by atoms with Gasteiger partial charge in [-0.05, 0) is 33.1 Å². The number of esters is 1. The SMILES string of the molecule is CO[C@@H](C(=O)N[C@@H](C)C(=O)NCCOC(=O)C(C)(C)C)[C@H](O)[C@@H](O)[C@H](O)C=CC(C)(C)C. The topological polar surface area (TPSA) is 154 Å². The Labute approximate surface area is 190 Å². The van der Waals surface area contributed by atoms with Crippen molar-refractivity contribution in [3.63, 3.8) is 0 Å². The van der Waals surface area contributed by atoms with Crippen LogP contribution < -0.4 is 10.6 Å². The van der Waals surface area contributed by atoms with Crippen LogP contribution in [0.2, 0.25) is 0 Å². The van der Waals surface area contributed by atoms with Crippen LogP contribution in [0.15, 0.2) is 12.2 Å². The predicted octanol–water partition coefficient (Wildman–Crippen LogP) is -0.103. The number of amides is 2. The summed E-state index contributed by atoms with van der Waals surface area (Å²) < 4.78 is 10.0. The highest BCUT2D eigenvalue weighted by Gasteiger charge is 2.36. The van der Waals surface area contributed by atoms with Gasteiger partial charge in [0.15, 0.2) is 6.10 Å². The zero-order valence-corrected chi connectivity index (χ0v) is 20.3. The highest BCUT2D eigenvalue weighted by molar-refractivity contribution is 5.89. The second kappa shape index (κ2) is 12.9. The Morgan fingerprint density at radius 2 is 1.53 bits per heavy atom. The number of ether oxygens (including phenoxy) is 2. The maximum Gasteiger partial charge on any atom is 0.311 e. The molecule has 5 N–H and O–H groups in total. The highest BCUT2D eigenvalue weighted by Crippen LogP contribution is 2.17. The zero-order valence-electron chi connectivity index (χ0n) is 20.3. The van der Waals surface area contributed by atoms with E-state index in [0.717, 1.165) is 7.11 Å². The van der Waals surface area contributed by atoms with Crippen LogP contribution in [0.1, 0.15) is 48.5 Å². The van der Waals surface area contributed by atoms with E-state index >= 15 is 0 Å². The van der Waals surface area contributed by atoms with E-state index in [1.807, 2.05) is 20.8 Å². The number of aliphatic hydroxyl groups excluding tert-OH is 3. The van der Waals surface area contributed by atoms with Crippen molar-refractivity contribution in [2.45, 2.75) is 78.9 Å². The number of nitrogens with one attached hydrogen (secondary N) is 2. The average molecular weight is 461 g/mol. The molecule has 0 aliphatic rings. The molecule has 0 saturated heterocycles. The van der Waals surface area contributed by atoms with Gasteiger partial charge in [0.05, 0.1) is 12.0 Å². The third-order valence-electron chi connectivity index (χ3n) is 4.31. The second-order valence-corrected chi connectivity index (χ2v) is 9.76. The Kier molecular flexibility index (Phi) is 12.1. The largest absolute Gasteiger partial charge is 0.463 e. The fourth-order valence-electron chi connectivity index (χ4n) is 2.33. The molecule has 0 aromatic rings. The lowest BCUT2D eigenvalue weighted by Gasteiger charge is -2.28. The minimum absolute atomic E-state index is 0.0198. The van der Waals surface area contributed by atoms with Gasteiger partial charge in [0, 0.05) is 7.11 Å². The van der Waals surface area contributed by atoms with Crippen molar-refractivity contribution in [2.24, 2.45) is 10.8 Å². The Bertz CT molecular complexity index is 651. The van der Waals surface area contributed by atoms with Crippen molar-refractivity contribution in [2.75, 3.05) is 20.3 Å². The molecule has 0 fully saturated rings. The summed E-state index contributed by atoms with van der Waals surface area (Å²) in [6.07, 6.45) is -3.38. The number of carbonyl (C=O) groups is 3. The molecule has 186 valence electrons. The summed E-state index contributed by atoms with van der Waals surface area (Å²) in [5.41, 5.74) is -0.903. The summed E-state index contributed by atoms with van der Waals surface area (Å²) in [4.78, 5) is 36.3. The van der Waals surface area contributed by atoms with Crippen LogP contribution >= 0.6 is 0 Å². The first kappa shape index (κ1) is 30.0. The minimum Gasteiger partial charge on any atom is -0.463 e. The maximum atomic E-state index is 12.4. The molecule has 5 atom stereocenters. The first-order valence-electron chi connectivity index (χ1n) is 10.5. The predicted molar refractivity (Wildman–Crippen MR) is 118 cm³/mol. The van der Waals surface area contributed by atoms with Crippen LogP contribution in [0.3, 0.4) is 0 Å². The van der Waals surface area contributed by atoms with Gasteiger partial charge in [0.2, 0.25) is 5.91 Å². The number of hydrogen-bond acceptors (Lipinski definition) is 8. The van der Waals surface area contributed by atoms with E-state index in [9.17, 15) is 29.7 Å². The molecule has 0 unspecified atom stereocenters. The zero-order chi connectivity index (χ0) is 25.3. The third kappa shape index (κ3) is 11.0. The molecule has 0 spiro atoms. The van der Waals surface area contributed by atoms with Crippen molar-refractivity contribution >= 4 is 17.8 Å². The van der Waals surface area contributed by atoms with Gasteiger partial charge in [-0.25, -0.2) is 0 Å². The fourth-order valence-corrected chi connectivity index (χ4v) is 2.33. The quantitative estimate of drug-likeness (QED) is 0.163. The lowest BCUT2D eigenvalue weighted by Crippen LogP contribution is -2.55. The van der Waals surface area contributed by atoms with E-state index in [1.165, 1.54) is 13.0 Å². The van der Waals surface area contributed by atoms with Gasteiger partial charge in [-0.1, -0.05) is 32.9 Å². The summed E-state index contributed by atoms with van der Waals surface area (Å²) in [6.45, 7) is 12.3. The van der Waals surface area contributed by atoms with E-state index in [2.05, 4.69) is 10.6 Å². The minimum atomic E-state index is -1.74. The normalized spacial score (nSPS) is 17.2. The summed E-state index contributed by atoms with van der Waals surface area (Å²) in [7, 11) is 1.16. The van der Waals surface area contributed by atoms with Crippen LogP contribution in [0.25, 0.3) is 0 Å². The molecule has 0 aliphatic heterocycles. The van der Waals surface area contributed by atoms with Gasteiger partial charge < -0.3 is 35.4 Å². The highest BCUT2D eigenvalue weighted by atomic mass is 16.5. The van der Waals surface area contributed by atoms with E-state index in [4.69, 9.17) is 9.47 Å². The summed E-state index contributed by atoms with van der Waals surface area (Å²) in [5.74, 6) is -1.78. The number of allylic oxidation sites excluding steroid dienone is 1. The molecule has 0 bridgehead atoms. The van der Waals surface area contributed by atoms with Crippen molar-refractivity contribution in [1.29, 1.82) is 0 Å². The van der Waals surface area contributed by atoms with E-state index < -0.39 is 53.7 Å². The maximum absolute atomic E-state index is 12.4. The number of hydrogen-bond donors (Lipinski definition) is 5. The van der Waals surface area contributed by atoms with Crippen LogP contribution in [0, 0.1) is 10.8 Å². The summed E-state index contributed by atoms with van der Waals surface area (Å²) >= 11 is 0. The monoisotopic (exact) mass is 460 g/mol. The molecular weight excluding hydrogens is 420 g/mol. The standard InChI is InChI=1S/C22H40N2O8/c1-13(18(28)23-11-12-32-20(30)22(5,6)7)24-19(29)17(31-8)16(27)15(26)14(25)9-10-21(2,3)4/h9-10,13-17,25-27H,11-12H2,1-8H3,(H,23,28)(H,24,29)/t13-,14+,15-,16+,17+/m0/s1. The Morgan fingerprint density at radius 1 is 0.969 bits per heavy atom. The van der Waals surface area contributed by atoms with Gasteiger partial charge in [-0.2, -0.15) is 0 Å². The number of aliphatic hydroxyl groups is 3. The van der Waals surface area contributed by atoms with Gasteiger partial charge in [-0.3, -0.25) is 14.4 Å². The molecule has 0 rings (SSSR count). The lowest BCUT2D eigenvalue weighted by molar-refractivity contribution is -0.153. The van der Waals surface area contributed by atoms with Gasteiger partial charge >= 0.3 is 5.97 Å². The molecule has 10 heteroatoms. The van der Waals surface area contributed by atoms with Crippen molar-refractivity contribution < 1.29 is 39.2 Å². The van der Waals surface area contributed by atoms with Gasteiger partial charge in [0.1, 0.15) is 31.0 Å². The molecule has 0 radical (unpaired) electrons. The molecule has 0 aromatic carbocycles. The van der Waals surface area contributed by atoms with Crippen molar-refractivity contribution in [3.8, 4) is 0 Å². The van der Waals surface area contributed by atoms with Crippen LogP contribution in [0.4, 0.5) is 0 Å². The van der Waals surface area contributed by atoms with Gasteiger partial charge in [0.25, 0.3) is 5.91 Å². The van der Waals surface area contributed by atoms with Crippen LogP contribution in [-0.2, 0) is 23.9 Å². The smallest absolute Gasteiger partial charge is 0.311 e. The summed E-state index contributed by atoms with van der Waals surface area (Å²) in [5, 5.41) is 35.5. The summed E-state index contributed by atoms with van der Waals surface area (Å²) in [6, 6.07) is -0.992. The fraction of sp³-hybridized carbons (Fsp3) is 0.773. The molecule has 0 heterocycles. The van der Waals surface area contributed by atoms with Crippen molar-refractivity contribution in [1.82, 2.24) is 10.6 Å². The number of rotatable bonds is 11. The van der Waals surface area contributed by atoms with E-state index in [1.54, 1.807) is 26.8 Å². The first-order chi connectivity index (χ1) is 14.5. The molecule has 10 nitrogen and oxygen atoms in total. The molecule has 32 heavy (non-hydrogen) atoms. The molecule has 0 saturated carbocycles. The Balaban J connectivity index is 4.75. The van der Waals surface area contributed by atoms with Gasteiger partial charge in [-0.15, -0.1) is 0 Å². The van der Waals surface area contributed by atoms with Crippen LogP contribution in [0.5, 0.6) is 0 Å². The lowest BCUT2D eigenvalue weighted by atomic mass is 9.94. The molecular formula is C22H40N2O8. The Morgan fingerprint density at radius 3 is 2.00 bits per heavy atom. The van der Waals surface area contributed by atoms with E-state index in [-0.39, 0.29) is 18.6 Å². The first-order valence-corrected chi connectivity index (χ1v) is 10.5. The number of methoxy groups -OCH3 is 1. The average Bonchev–Trinajstić information content (AvgIpc) is 2.67. The van der Waals surface area contributed by atoms with E-state index in [0.29, 0.717) is 0 Å². The van der Waals surface area contributed by atoms with Crippen molar-refractivity contribution in [3.05, 3.63) is 12.2 Å². The molecule has 2 amide bonds. The second-order valence-electron chi connectivity index (χ2n) is 9.76. The van der Waals surface area contributed by atoms with Crippen LogP contribution in [-0.4, -0.2) is 83.8 Å². The third-order valence-corrected chi connectivity index (χ3v) is 4.31. The Hall–Kier alpha value is -2.01. The molecule has 0 aliphatic carbocycles.